The van der Waals surface area contributed by atoms with Crippen molar-refractivity contribution in [3.8, 4) is 0 Å². The average molecular weight is 246 g/mol. The second-order valence-electron chi connectivity index (χ2n) is 3.87. The van der Waals surface area contributed by atoms with Gasteiger partial charge in [0, 0.05) is 12.6 Å². The first-order valence-corrected chi connectivity index (χ1v) is 5.59. The van der Waals surface area contributed by atoms with Crippen molar-refractivity contribution in [3.05, 3.63) is 35.4 Å². The summed E-state index contributed by atoms with van der Waals surface area (Å²) in [5, 5.41) is 3.12. The van der Waals surface area contributed by atoms with E-state index in [2.05, 4.69) is 5.32 Å². The molecule has 0 aromatic heterocycles. The van der Waals surface area contributed by atoms with Crippen LogP contribution in [-0.2, 0) is 6.18 Å². The van der Waals surface area contributed by atoms with E-state index >= 15 is 0 Å². The van der Waals surface area contributed by atoms with Crippen molar-refractivity contribution < 1.29 is 13.2 Å². The van der Waals surface area contributed by atoms with E-state index in [1.807, 2.05) is 6.92 Å². The molecular weight excluding hydrogens is 229 g/mol. The molecule has 0 aliphatic heterocycles. The fraction of sp³-hybridized carbons (Fsp3) is 0.500. The van der Waals surface area contributed by atoms with Gasteiger partial charge in [0.05, 0.1) is 5.56 Å². The summed E-state index contributed by atoms with van der Waals surface area (Å²) in [7, 11) is 0. The summed E-state index contributed by atoms with van der Waals surface area (Å²) >= 11 is 0. The van der Waals surface area contributed by atoms with Crippen molar-refractivity contribution >= 4 is 0 Å². The predicted octanol–water partition coefficient (Wildman–Crippen LogP) is 2.70. The Labute approximate surface area is 99.0 Å². The Balaban J connectivity index is 2.89. The lowest BCUT2D eigenvalue weighted by molar-refractivity contribution is -0.137. The van der Waals surface area contributed by atoms with E-state index in [-0.39, 0.29) is 12.6 Å². The Bertz CT molecular complexity index is 350. The van der Waals surface area contributed by atoms with Gasteiger partial charge in [-0.3, -0.25) is 0 Å². The Morgan fingerprint density at radius 2 is 2.06 bits per heavy atom. The molecule has 0 saturated carbocycles. The van der Waals surface area contributed by atoms with Crippen LogP contribution < -0.4 is 11.1 Å². The number of hydrogen-bond donors (Lipinski definition) is 2. The fourth-order valence-electron chi connectivity index (χ4n) is 1.59. The second kappa shape index (κ2) is 6.02. The summed E-state index contributed by atoms with van der Waals surface area (Å²) in [5.41, 5.74) is 5.51. The van der Waals surface area contributed by atoms with Crippen molar-refractivity contribution in [3.63, 3.8) is 0 Å². The number of rotatable bonds is 5. The van der Waals surface area contributed by atoms with E-state index in [1.165, 1.54) is 6.07 Å². The molecular formula is C12H17F3N2. The SMILES string of the molecule is CCCNC(CN)c1cccc(C(F)(F)F)c1. The molecule has 1 atom stereocenters. The Morgan fingerprint density at radius 1 is 1.35 bits per heavy atom. The van der Waals surface area contributed by atoms with Gasteiger partial charge in [-0.2, -0.15) is 13.2 Å². The highest BCUT2D eigenvalue weighted by molar-refractivity contribution is 5.28. The zero-order chi connectivity index (χ0) is 12.9. The van der Waals surface area contributed by atoms with Crippen molar-refractivity contribution in [1.29, 1.82) is 0 Å². The van der Waals surface area contributed by atoms with E-state index in [1.54, 1.807) is 6.07 Å². The Kier molecular flexibility index (Phi) is 4.96. The molecule has 3 N–H and O–H groups in total. The normalized spacial score (nSPS) is 13.7. The van der Waals surface area contributed by atoms with Gasteiger partial charge in [0.25, 0.3) is 0 Å². The van der Waals surface area contributed by atoms with Crippen LogP contribution in [0, 0.1) is 0 Å². The third-order valence-corrected chi connectivity index (χ3v) is 2.49. The van der Waals surface area contributed by atoms with Crippen LogP contribution in [-0.4, -0.2) is 13.1 Å². The highest BCUT2D eigenvalue weighted by Crippen LogP contribution is 2.30. The predicted molar refractivity (Wildman–Crippen MR) is 61.5 cm³/mol. The molecule has 5 heteroatoms. The molecule has 0 saturated heterocycles. The molecule has 0 amide bonds. The quantitative estimate of drug-likeness (QED) is 0.838. The highest BCUT2D eigenvalue weighted by atomic mass is 19.4. The van der Waals surface area contributed by atoms with E-state index in [9.17, 15) is 13.2 Å². The number of hydrogen-bond acceptors (Lipinski definition) is 2. The number of benzene rings is 1. The molecule has 0 aliphatic rings. The number of nitrogens with two attached hydrogens (primary N) is 1. The molecule has 0 spiro atoms. The van der Waals surface area contributed by atoms with E-state index in [0.29, 0.717) is 5.56 Å². The first-order chi connectivity index (χ1) is 7.99. The van der Waals surface area contributed by atoms with Crippen molar-refractivity contribution in [2.24, 2.45) is 5.73 Å². The van der Waals surface area contributed by atoms with Crippen molar-refractivity contribution in [1.82, 2.24) is 5.32 Å². The first kappa shape index (κ1) is 14.0. The van der Waals surface area contributed by atoms with Gasteiger partial charge in [0.15, 0.2) is 0 Å². The molecule has 0 aliphatic carbocycles. The van der Waals surface area contributed by atoms with E-state index in [4.69, 9.17) is 5.73 Å². The molecule has 0 fully saturated rings. The topological polar surface area (TPSA) is 38.0 Å². The average Bonchev–Trinajstić information content (AvgIpc) is 2.29. The molecule has 1 aromatic rings. The standard InChI is InChI=1S/C12H17F3N2/c1-2-6-17-11(8-16)9-4-3-5-10(7-9)12(13,14)15/h3-5,7,11,17H,2,6,8,16H2,1H3. The minimum absolute atomic E-state index is 0.225. The smallest absolute Gasteiger partial charge is 0.329 e. The summed E-state index contributed by atoms with van der Waals surface area (Å²) in [4.78, 5) is 0. The first-order valence-electron chi connectivity index (χ1n) is 5.59. The van der Waals surface area contributed by atoms with Gasteiger partial charge in [-0.05, 0) is 30.7 Å². The lowest BCUT2D eigenvalue weighted by Crippen LogP contribution is -2.29. The van der Waals surface area contributed by atoms with Crippen LogP contribution in [0.15, 0.2) is 24.3 Å². The van der Waals surface area contributed by atoms with Gasteiger partial charge in [0.2, 0.25) is 0 Å². The van der Waals surface area contributed by atoms with Crippen LogP contribution in [0.2, 0.25) is 0 Å². The second-order valence-corrected chi connectivity index (χ2v) is 3.87. The zero-order valence-electron chi connectivity index (χ0n) is 9.72. The van der Waals surface area contributed by atoms with E-state index in [0.717, 1.165) is 25.1 Å². The molecule has 1 unspecified atom stereocenters. The molecule has 96 valence electrons. The molecule has 1 rings (SSSR count). The van der Waals surface area contributed by atoms with Crippen LogP contribution >= 0.6 is 0 Å². The summed E-state index contributed by atoms with van der Waals surface area (Å²) in [6.45, 7) is 3.01. The maximum atomic E-state index is 12.5. The molecule has 0 radical (unpaired) electrons. The van der Waals surface area contributed by atoms with Crippen molar-refractivity contribution in [2.75, 3.05) is 13.1 Å². The Morgan fingerprint density at radius 3 is 2.59 bits per heavy atom. The molecule has 0 heterocycles. The summed E-state index contributed by atoms with van der Waals surface area (Å²) in [6.07, 6.45) is -3.39. The molecule has 17 heavy (non-hydrogen) atoms. The Hall–Kier alpha value is -1.07. The van der Waals surface area contributed by atoms with Gasteiger partial charge in [0.1, 0.15) is 0 Å². The molecule has 2 nitrogen and oxygen atoms in total. The van der Waals surface area contributed by atoms with Crippen LogP contribution in [0.4, 0.5) is 13.2 Å². The minimum atomic E-state index is -4.31. The van der Waals surface area contributed by atoms with Crippen LogP contribution in [0.3, 0.4) is 0 Å². The molecule has 1 aromatic carbocycles. The largest absolute Gasteiger partial charge is 0.416 e. The maximum Gasteiger partial charge on any atom is 0.416 e. The van der Waals surface area contributed by atoms with Crippen LogP contribution in [0.5, 0.6) is 0 Å². The van der Waals surface area contributed by atoms with Gasteiger partial charge in [-0.1, -0.05) is 19.1 Å². The number of halogens is 3. The van der Waals surface area contributed by atoms with Gasteiger partial charge < -0.3 is 11.1 Å². The third kappa shape index (κ3) is 4.02. The summed E-state index contributed by atoms with van der Waals surface area (Å²) in [5.74, 6) is 0. The minimum Gasteiger partial charge on any atom is -0.329 e. The number of nitrogens with one attached hydrogen (secondary N) is 1. The zero-order valence-corrected chi connectivity index (χ0v) is 9.72. The fourth-order valence-corrected chi connectivity index (χ4v) is 1.59. The maximum absolute atomic E-state index is 12.5. The third-order valence-electron chi connectivity index (χ3n) is 2.49. The van der Waals surface area contributed by atoms with Gasteiger partial charge in [-0.15, -0.1) is 0 Å². The summed E-state index contributed by atoms with van der Waals surface area (Å²) < 4.78 is 37.6. The summed E-state index contributed by atoms with van der Waals surface area (Å²) in [6, 6.07) is 5.07. The van der Waals surface area contributed by atoms with Crippen molar-refractivity contribution in [2.45, 2.75) is 25.6 Å². The van der Waals surface area contributed by atoms with Crippen LogP contribution in [0.25, 0.3) is 0 Å². The van der Waals surface area contributed by atoms with E-state index < -0.39 is 11.7 Å². The van der Waals surface area contributed by atoms with Gasteiger partial charge in [-0.25, -0.2) is 0 Å². The molecule has 0 bridgehead atoms. The van der Waals surface area contributed by atoms with Gasteiger partial charge >= 0.3 is 6.18 Å². The monoisotopic (exact) mass is 246 g/mol. The van der Waals surface area contributed by atoms with Crippen LogP contribution in [0.1, 0.15) is 30.5 Å². The lowest BCUT2D eigenvalue weighted by atomic mass is 10.0. The number of alkyl halides is 3. The lowest BCUT2D eigenvalue weighted by Gasteiger charge is -2.18. The highest BCUT2D eigenvalue weighted by Gasteiger charge is 2.30.